The van der Waals surface area contributed by atoms with E-state index in [0.29, 0.717) is 41.2 Å². The summed E-state index contributed by atoms with van der Waals surface area (Å²) in [5.41, 5.74) is 0.821. The fourth-order valence-corrected chi connectivity index (χ4v) is 6.20. The summed E-state index contributed by atoms with van der Waals surface area (Å²) in [6.07, 6.45) is 1.34. The summed E-state index contributed by atoms with van der Waals surface area (Å²) in [5.74, 6) is -0.549. The van der Waals surface area contributed by atoms with Crippen LogP contribution in [0.15, 0.2) is 55.4 Å². The molecule has 3 aliphatic rings. The third-order valence-corrected chi connectivity index (χ3v) is 8.70. The van der Waals surface area contributed by atoms with Gasteiger partial charge < -0.3 is 25.2 Å². The first-order valence-electron chi connectivity index (χ1n) is 15.2. The van der Waals surface area contributed by atoms with Crippen molar-refractivity contribution in [1.82, 2.24) is 14.9 Å². The molecule has 0 saturated carbocycles. The van der Waals surface area contributed by atoms with Crippen LogP contribution in [-0.4, -0.2) is 66.7 Å². The summed E-state index contributed by atoms with van der Waals surface area (Å²) in [6.45, 7) is 7.78. The molecular weight excluding hydrogens is 606 g/mol. The van der Waals surface area contributed by atoms with Crippen molar-refractivity contribution in [2.75, 3.05) is 60.5 Å². The number of halogens is 4. The number of hydrogen-bond donors (Lipinski definition) is 2. The van der Waals surface area contributed by atoms with E-state index in [4.69, 9.17) is 9.57 Å². The molecule has 1 aromatic heterocycles. The van der Waals surface area contributed by atoms with E-state index in [0.717, 1.165) is 56.8 Å². The molecule has 0 spiro atoms. The highest BCUT2D eigenvalue weighted by Crippen LogP contribution is 2.41. The molecule has 3 aromatic rings. The molecule has 3 fully saturated rings. The Kier molecular flexibility index (Phi) is 9.00. The number of aromatic nitrogens is 2. The van der Waals surface area contributed by atoms with Crippen molar-refractivity contribution in [3.63, 3.8) is 0 Å². The molecule has 3 saturated heterocycles. The Morgan fingerprint density at radius 1 is 1.07 bits per heavy atom. The molecule has 6 rings (SSSR count). The molecule has 10 nitrogen and oxygen atoms in total. The number of nitrogens with zero attached hydrogens (tertiary/aromatic N) is 5. The van der Waals surface area contributed by atoms with E-state index in [1.54, 1.807) is 19.2 Å². The van der Waals surface area contributed by atoms with Gasteiger partial charge in [0.2, 0.25) is 5.91 Å². The largest absolute Gasteiger partial charge is 0.494 e. The Morgan fingerprint density at radius 2 is 1.85 bits per heavy atom. The molecule has 244 valence electrons. The second-order valence-corrected chi connectivity index (χ2v) is 11.5. The first-order valence-corrected chi connectivity index (χ1v) is 15.2. The number of carbonyl (C=O) groups excluding carboxylic acids is 1. The van der Waals surface area contributed by atoms with Crippen LogP contribution >= 0.6 is 0 Å². The molecule has 46 heavy (non-hydrogen) atoms. The van der Waals surface area contributed by atoms with Crippen LogP contribution < -0.4 is 25.3 Å². The zero-order valence-electron chi connectivity index (χ0n) is 25.3. The normalized spacial score (nSPS) is 19.1. The maximum atomic E-state index is 14.0. The fourth-order valence-electron chi connectivity index (χ4n) is 6.20. The molecule has 0 bridgehead atoms. The van der Waals surface area contributed by atoms with Crippen molar-refractivity contribution in [3.8, 4) is 5.75 Å². The van der Waals surface area contributed by atoms with E-state index in [1.165, 1.54) is 30.0 Å². The molecule has 1 atom stereocenters. The highest BCUT2D eigenvalue weighted by Gasteiger charge is 2.37. The van der Waals surface area contributed by atoms with Crippen LogP contribution in [0.1, 0.15) is 42.9 Å². The second-order valence-electron chi connectivity index (χ2n) is 11.5. The van der Waals surface area contributed by atoms with Gasteiger partial charge in [0.25, 0.3) is 0 Å². The van der Waals surface area contributed by atoms with Crippen LogP contribution in [0.4, 0.5) is 46.3 Å². The van der Waals surface area contributed by atoms with Gasteiger partial charge in [0.15, 0.2) is 5.82 Å². The smallest absolute Gasteiger partial charge is 0.419 e. The van der Waals surface area contributed by atoms with E-state index in [-0.39, 0.29) is 18.1 Å². The lowest BCUT2D eigenvalue weighted by atomic mass is 9.99. The van der Waals surface area contributed by atoms with Crippen LogP contribution in [0.3, 0.4) is 0 Å². The Labute approximate surface area is 264 Å². The highest BCUT2D eigenvalue weighted by atomic mass is 19.4. The predicted molar refractivity (Wildman–Crippen MR) is 166 cm³/mol. The standard InChI is InChI=1S/C32H35F4N7O3/c1-3-31(44)40-24-16-25(28(45-2)17-27(24)42-12-7-21(8-13-42)41-10-4-11-41)39-29-18-30(38-19-37-29)43-26(9-14-46-43)20-5-6-23(33)22(15-20)32(34,35)36/h3,5-6,15-19,21,26H,1,4,7-14H2,2H3,(H,40,44)(H,37,38,39). The van der Waals surface area contributed by atoms with Gasteiger partial charge in [-0.3, -0.25) is 9.63 Å². The molecule has 0 aliphatic carbocycles. The molecular formula is C32H35F4N7O3. The van der Waals surface area contributed by atoms with E-state index >= 15 is 0 Å². The molecule has 2 N–H and O–H groups in total. The number of carbonyl (C=O) groups is 1. The van der Waals surface area contributed by atoms with Crippen molar-refractivity contribution >= 4 is 34.6 Å². The minimum atomic E-state index is -4.83. The second kappa shape index (κ2) is 13.1. The third-order valence-electron chi connectivity index (χ3n) is 8.70. The van der Waals surface area contributed by atoms with Crippen LogP contribution in [-0.2, 0) is 15.8 Å². The Balaban J connectivity index is 1.25. The predicted octanol–water partition coefficient (Wildman–Crippen LogP) is 6.07. The quantitative estimate of drug-likeness (QED) is 0.213. The number of methoxy groups -OCH3 is 1. The molecule has 1 unspecified atom stereocenters. The minimum Gasteiger partial charge on any atom is -0.494 e. The Morgan fingerprint density at radius 3 is 2.52 bits per heavy atom. The van der Waals surface area contributed by atoms with E-state index < -0.39 is 23.6 Å². The maximum absolute atomic E-state index is 14.0. The summed E-state index contributed by atoms with van der Waals surface area (Å²) in [7, 11) is 1.55. The summed E-state index contributed by atoms with van der Waals surface area (Å²) >= 11 is 0. The SMILES string of the molecule is C=CC(=O)Nc1cc(Nc2cc(N3OCCC3c3ccc(F)c(C(F)(F)F)c3)ncn2)c(OC)cc1N1CCC(N2CCC2)CC1. The van der Waals surface area contributed by atoms with Gasteiger partial charge in [-0.25, -0.2) is 19.4 Å². The zero-order chi connectivity index (χ0) is 32.4. The van der Waals surface area contributed by atoms with E-state index in [1.807, 2.05) is 6.07 Å². The van der Waals surface area contributed by atoms with Crippen LogP contribution in [0.25, 0.3) is 0 Å². The monoisotopic (exact) mass is 641 g/mol. The van der Waals surface area contributed by atoms with Crippen molar-refractivity contribution in [2.24, 2.45) is 0 Å². The number of piperidine rings is 1. The Bertz CT molecular complexity index is 1590. The summed E-state index contributed by atoms with van der Waals surface area (Å²) < 4.78 is 59.9. The van der Waals surface area contributed by atoms with Crippen LogP contribution in [0, 0.1) is 5.82 Å². The maximum Gasteiger partial charge on any atom is 0.419 e. The van der Waals surface area contributed by atoms with E-state index in [9.17, 15) is 22.4 Å². The molecule has 4 heterocycles. The molecule has 3 aliphatic heterocycles. The molecule has 1 amide bonds. The average molecular weight is 642 g/mol. The van der Waals surface area contributed by atoms with Gasteiger partial charge in [-0.1, -0.05) is 12.6 Å². The fraction of sp³-hybridized carbons (Fsp3) is 0.406. The van der Waals surface area contributed by atoms with Gasteiger partial charge >= 0.3 is 6.18 Å². The lowest BCUT2D eigenvalue weighted by Gasteiger charge is -2.43. The Hall–Kier alpha value is -4.43. The van der Waals surface area contributed by atoms with Crippen molar-refractivity contribution < 1.29 is 31.9 Å². The third kappa shape index (κ3) is 6.58. The van der Waals surface area contributed by atoms with Crippen LogP contribution in [0.5, 0.6) is 5.75 Å². The summed E-state index contributed by atoms with van der Waals surface area (Å²) in [5, 5.41) is 7.54. The number of alkyl halides is 3. The van der Waals surface area contributed by atoms with Gasteiger partial charge in [-0.05, 0) is 62.2 Å². The highest BCUT2D eigenvalue weighted by molar-refractivity contribution is 6.02. The van der Waals surface area contributed by atoms with Gasteiger partial charge in [-0.2, -0.15) is 13.2 Å². The van der Waals surface area contributed by atoms with Crippen molar-refractivity contribution in [2.45, 2.75) is 43.9 Å². The summed E-state index contributed by atoms with van der Waals surface area (Å²) in [4.78, 5) is 31.6. The number of likely N-dealkylation sites (tertiary alicyclic amines) is 1. The molecule has 14 heteroatoms. The lowest BCUT2D eigenvalue weighted by molar-refractivity contribution is -0.140. The molecule has 2 aromatic carbocycles. The number of hydroxylamine groups is 1. The number of benzene rings is 2. The topological polar surface area (TPSA) is 95.1 Å². The minimum absolute atomic E-state index is 0.229. The van der Waals surface area contributed by atoms with E-state index in [2.05, 4.69) is 37.0 Å². The molecule has 0 radical (unpaired) electrons. The average Bonchev–Trinajstić information content (AvgIpc) is 3.51. The van der Waals surface area contributed by atoms with Crippen molar-refractivity contribution in [3.05, 3.63) is 72.3 Å². The number of ether oxygens (including phenoxy) is 1. The lowest BCUT2D eigenvalue weighted by Crippen LogP contribution is -2.50. The van der Waals surface area contributed by atoms with Gasteiger partial charge in [0.05, 0.1) is 42.4 Å². The zero-order valence-corrected chi connectivity index (χ0v) is 25.3. The number of anilines is 5. The number of hydrogen-bond acceptors (Lipinski definition) is 9. The number of nitrogens with one attached hydrogen (secondary N) is 2. The van der Waals surface area contributed by atoms with Gasteiger partial charge in [0.1, 0.15) is 23.7 Å². The van der Waals surface area contributed by atoms with Crippen LogP contribution in [0.2, 0.25) is 0 Å². The van der Waals surface area contributed by atoms with Gasteiger partial charge in [-0.15, -0.1) is 0 Å². The first-order chi connectivity index (χ1) is 22.1. The summed E-state index contributed by atoms with van der Waals surface area (Å²) in [6, 6.07) is 8.10. The number of amides is 1. The first kappa shape index (κ1) is 31.5. The number of rotatable bonds is 9. The van der Waals surface area contributed by atoms with Gasteiger partial charge in [0, 0.05) is 37.7 Å². The van der Waals surface area contributed by atoms with Crippen molar-refractivity contribution in [1.29, 1.82) is 0 Å².